The number of rotatable bonds is 4. The van der Waals surface area contributed by atoms with Crippen LogP contribution < -0.4 is 5.56 Å². The van der Waals surface area contributed by atoms with Gasteiger partial charge in [-0.05, 0) is 18.2 Å². The second-order valence-corrected chi connectivity index (χ2v) is 5.14. The molecule has 0 fully saturated rings. The number of carbonyl (C=O) groups is 1. The topological polar surface area (TPSA) is 124 Å². The lowest BCUT2D eigenvalue weighted by Gasteiger charge is -2.06. The average Bonchev–Trinajstić information content (AvgIpc) is 3.28. The molecule has 9 nitrogen and oxygen atoms in total. The molecule has 0 unspecified atom stereocenters. The highest BCUT2D eigenvalue weighted by Gasteiger charge is 2.18. The fourth-order valence-electron chi connectivity index (χ4n) is 2.45. The molecule has 4 rings (SSSR count). The molecule has 3 heterocycles. The van der Waals surface area contributed by atoms with Gasteiger partial charge in [0.15, 0.2) is 11.5 Å². The van der Waals surface area contributed by atoms with E-state index in [-0.39, 0.29) is 34.8 Å². The third-order valence-electron chi connectivity index (χ3n) is 3.55. The van der Waals surface area contributed by atoms with Crippen LogP contribution in [-0.2, 0) is 6.54 Å². The number of carboxylic acids is 1. The first kappa shape index (κ1) is 14.8. The first-order chi connectivity index (χ1) is 12.1. The summed E-state index contributed by atoms with van der Waals surface area (Å²) in [4.78, 5) is 24.0. The number of carboxylic acid groups (broad SMARTS) is 1. The number of benzene rings is 1. The number of hydrogen-bond donors (Lipinski definition) is 1. The predicted molar refractivity (Wildman–Crippen MR) is 84.1 cm³/mol. The summed E-state index contributed by atoms with van der Waals surface area (Å²) in [6, 6.07) is 9.72. The minimum atomic E-state index is -1.23. The van der Waals surface area contributed by atoms with Crippen LogP contribution in [0.5, 0.6) is 0 Å². The van der Waals surface area contributed by atoms with Crippen molar-refractivity contribution in [3.05, 3.63) is 64.6 Å². The number of nitrogens with zero attached hydrogens (tertiary/aromatic N) is 4. The van der Waals surface area contributed by atoms with Gasteiger partial charge in [0.25, 0.3) is 11.4 Å². The summed E-state index contributed by atoms with van der Waals surface area (Å²) in [5, 5.41) is 21.5. The lowest BCUT2D eigenvalue weighted by atomic mass is 10.1. The van der Waals surface area contributed by atoms with Crippen LogP contribution in [0, 0.1) is 0 Å². The normalized spacial score (nSPS) is 11.0. The van der Waals surface area contributed by atoms with Crippen molar-refractivity contribution in [1.29, 1.82) is 0 Å². The molecule has 124 valence electrons. The lowest BCUT2D eigenvalue weighted by Crippen LogP contribution is -2.26. The van der Waals surface area contributed by atoms with Crippen molar-refractivity contribution in [2.45, 2.75) is 6.54 Å². The van der Waals surface area contributed by atoms with E-state index in [2.05, 4.69) is 15.3 Å². The summed E-state index contributed by atoms with van der Waals surface area (Å²) in [5.41, 5.74) is -0.667. The maximum atomic E-state index is 12.5. The van der Waals surface area contributed by atoms with E-state index >= 15 is 0 Å². The molecule has 25 heavy (non-hydrogen) atoms. The lowest BCUT2D eigenvalue weighted by molar-refractivity contribution is 0.0690. The summed E-state index contributed by atoms with van der Waals surface area (Å²) < 4.78 is 11.6. The Balaban J connectivity index is 1.78. The predicted octanol–water partition coefficient (Wildman–Crippen LogP) is 1.79. The minimum Gasteiger partial charge on any atom is -0.476 e. The van der Waals surface area contributed by atoms with Crippen LogP contribution >= 0.6 is 0 Å². The van der Waals surface area contributed by atoms with E-state index in [0.717, 1.165) is 4.68 Å². The van der Waals surface area contributed by atoms with Gasteiger partial charge in [-0.2, -0.15) is 5.10 Å². The molecule has 0 aliphatic rings. The van der Waals surface area contributed by atoms with Crippen LogP contribution in [0.4, 0.5) is 0 Å². The number of aromatic nitrogens is 4. The fourth-order valence-corrected chi connectivity index (χ4v) is 2.45. The van der Waals surface area contributed by atoms with Crippen molar-refractivity contribution in [2.75, 3.05) is 0 Å². The molecule has 1 aromatic carbocycles. The molecule has 3 aromatic heterocycles. The summed E-state index contributed by atoms with van der Waals surface area (Å²) in [5.74, 6) is -0.574. The van der Waals surface area contributed by atoms with Crippen LogP contribution in [-0.4, -0.2) is 31.1 Å². The Labute approximate surface area is 139 Å². The van der Waals surface area contributed by atoms with E-state index in [1.165, 1.54) is 6.26 Å². The zero-order chi connectivity index (χ0) is 17.4. The minimum absolute atomic E-state index is 0.104. The van der Waals surface area contributed by atoms with Crippen LogP contribution in [0.1, 0.15) is 16.4 Å². The number of furan rings is 1. The molecule has 0 saturated carbocycles. The smallest absolute Gasteiger partial charge is 0.357 e. The van der Waals surface area contributed by atoms with Crippen molar-refractivity contribution in [2.24, 2.45) is 0 Å². The van der Waals surface area contributed by atoms with Crippen molar-refractivity contribution in [3.63, 3.8) is 0 Å². The largest absolute Gasteiger partial charge is 0.476 e. The Hall–Kier alpha value is -3.75. The summed E-state index contributed by atoms with van der Waals surface area (Å²) in [6.45, 7) is -0.155. The Morgan fingerprint density at radius 2 is 1.92 bits per heavy atom. The summed E-state index contributed by atoms with van der Waals surface area (Å²) in [6.07, 6.45) is 1.47. The van der Waals surface area contributed by atoms with E-state index in [0.29, 0.717) is 5.76 Å². The molecule has 0 radical (unpaired) electrons. The second-order valence-electron chi connectivity index (χ2n) is 5.14. The van der Waals surface area contributed by atoms with Crippen LogP contribution in [0.2, 0.25) is 0 Å². The Morgan fingerprint density at radius 3 is 2.64 bits per heavy atom. The Morgan fingerprint density at radius 1 is 1.12 bits per heavy atom. The van der Waals surface area contributed by atoms with Gasteiger partial charge in [0.2, 0.25) is 5.89 Å². The summed E-state index contributed by atoms with van der Waals surface area (Å²) >= 11 is 0. The quantitative estimate of drug-likeness (QED) is 0.597. The maximum Gasteiger partial charge on any atom is 0.357 e. The van der Waals surface area contributed by atoms with Gasteiger partial charge in [-0.1, -0.05) is 18.2 Å². The second kappa shape index (κ2) is 5.71. The molecule has 0 aliphatic heterocycles. The van der Waals surface area contributed by atoms with Crippen molar-refractivity contribution in [1.82, 2.24) is 20.0 Å². The molecule has 0 atom stereocenters. The first-order valence-electron chi connectivity index (χ1n) is 7.23. The molecule has 0 spiro atoms. The molecule has 0 bridgehead atoms. The first-order valence-corrected chi connectivity index (χ1v) is 7.23. The highest BCUT2D eigenvalue weighted by molar-refractivity contribution is 6.01. The zero-order valence-corrected chi connectivity index (χ0v) is 12.6. The maximum absolute atomic E-state index is 12.5. The van der Waals surface area contributed by atoms with Crippen molar-refractivity contribution >= 4 is 16.7 Å². The number of hydrogen-bond acceptors (Lipinski definition) is 7. The third kappa shape index (κ3) is 2.57. The molecule has 0 amide bonds. The average molecular weight is 338 g/mol. The number of aromatic carboxylic acids is 1. The molecular weight excluding hydrogens is 328 g/mol. The van der Waals surface area contributed by atoms with E-state index in [1.807, 2.05) is 0 Å². The highest BCUT2D eigenvalue weighted by Crippen LogP contribution is 2.18. The Bertz CT molecular complexity index is 1130. The molecule has 9 heteroatoms. The molecule has 0 saturated heterocycles. The van der Waals surface area contributed by atoms with Gasteiger partial charge >= 0.3 is 5.97 Å². The van der Waals surface area contributed by atoms with Crippen molar-refractivity contribution in [3.8, 4) is 11.7 Å². The van der Waals surface area contributed by atoms with E-state index in [4.69, 9.17) is 8.83 Å². The zero-order valence-electron chi connectivity index (χ0n) is 12.6. The van der Waals surface area contributed by atoms with Gasteiger partial charge in [0, 0.05) is 5.39 Å². The van der Waals surface area contributed by atoms with Gasteiger partial charge in [0.05, 0.1) is 11.6 Å². The van der Waals surface area contributed by atoms with E-state index in [9.17, 15) is 14.7 Å². The van der Waals surface area contributed by atoms with E-state index < -0.39 is 11.5 Å². The van der Waals surface area contributed by atoms with Crippen LogP contribution in [0.3, 0.4) is 0 Å². The summed E-state index contributed by atoms with van der Waals surface area (Å²) in [7, 11) is 0. The highest BCUT2D eigenvalue weighted by atomic mass is 16.4. The Kier molecular flexibility index (Phi) is 3.38. The molecule has 0 aliphatic carbocycles. The monoisotopic (exact) mass is 338 g/mol. The van der Waals surface area contributed by atoms with Gasteiger partial charge in [-0.3, -0.25) is 4.79 Å². The van der Waals surface area contributed by atoms with Crippen LogP contribution in [0.15, 0.2) is 56.3 Å². The van der Waals surface area contributed by atoms with Crippen molar-refractivity contribution < 1.29 is 18.7 Å². The van der Waals surface area contributed by atoms with Gasteiger partial charge < -0.3 is 13.9 Å². The van der Waals surface area contributed by atoms with Crippen LogP contribution in [0.25, 0.3) is 22.4 Å². The van der Waals surface area contributed by atoms with Gasteiger partial charge in [-0.15, -0.1) is 10.2 Å². The van der Waals surface area contributed by atoms with Gasteiger partial charge in [-0.25, -0.2) is 9.48 Å². The van der Waals surface area contributed by atoms with Gasteiger partial charge in [0.1, 0.15) is 6.54 Å². The molecule has 1 N–H and O–H groups in total. The number of fused-ring (bicyclic) bond motifs is 1. The van der Waals surface area contributed by atoms with E-state index in [1.54, 1.807) is 36.4 Å². The standard InChI is InChI=1S/C16H10N4O5/c21-15-10-5-2-1-4-9(10)13(16(22)23)19-20(15)8-12-17-18-14(25-12)11-6-3-7-24-11/h1-7H,8H2,(H,22,23). The molecular formula is C16H10N4O5. The third-order valence-corrected chi connectivity index (χ3v) is 3.55. The fraction of sp³-hybridized carbons (Fsp3) is 0.0625. The SMILES string of the molecule is O=C(O)c1nn(Cc2nnc(-c3ccco3)o2)c(=O)c2ccccc12. The molecule has 4 aromatic rings.